The van der Waals surface area contributed by atoms with E-state index in [1.165, 1.54) is 23.6 Å². The van der Waals surface area contributed by atoms with Crippen LogP contribution >= 0.6 is 22.9 Å². The third-order valence-corrected chi connectivity index (χ3v) is 3.90. The molecule has 0 radical (unpaired) electrons. The Labute approximate surface area is 140 Å². The molecule has 0 aliphatic heterocycles. The summed E-state index contributed by atoms with van der Waals surface area (Å²) in [4.78, 5) is 23.0. The molecular formula is C14H12ClN3O4S. The van der Waals surface area contributed by atoms with Crippen LogP contribution in [0.5, 0.6) is 5.75 Å². The summed E-state index contributed by atoms with van der Waals surface area (Å²) in [7, 11) is 0. The summed E-state index contributed by atoms with van der Waals surface area (Å²) < 4.78 is 5.25. The van der Waals surface area contributed by atoms with Gasteiger partial charge in [-0.25, -0.2) is 5.43 Å². The summed E-state index contributed by atoms with van der Waals surface area (Å²) in [5.41, 5.74) is 2.32. The second kappa shape index (κ2) is 7.70. The topological polar surface area (TPSA) is 93.8 Å². The number of carbonyl (C=O) groups excluding carboxylic acids is 1. The summed E-state index contributed by atoms with van der Waals surface area (Å²) in [5.74, 6) is 0.0667. The predicted molar refractivity (Wildman–Crippen MR) is 88.4 cm³/mol. The van der Waals surface area contributed by atoms with Gasteiger partial charge in [0.15, 0.2) is 6.61 Å². The van der Waals surface area contributed by atoms with Gasteiger partial charge in [-0.2, -0.15) is 5.10 Å². The summed E-state index contributed by atoms with van der Waals surface area (Å²) in [6.45, 7) is 1.45. The van der Waals surface area contributed by atoms with Crippen LogP contribution in [0, 0.1) is 17.0 Å². The van der Waals surface area contributed by atoms with Crippen molar-refractivity contribution < 1.29 is 14.5 Å². The molecule has 7 nitrogen and oxygen atoms in total. The lowest BCUT2D eigenvalue weighted by molar-refractivity contribution is -0.385. The average Bonchev–Trinajstić information content (AvgIpc) is 2.88. The number of hydrogen-bond donors (Lipinski definition) is 1. The van der Waals surface area contributed by atoms with E-state index in [0.717, 1.165) is 0 Å². The molecule has 1 aromatic heterocycles. The highest BCUT2D eigenvalue weighted by atomic mass is 35.5. The molecular weight excluding hydrogens is 342 g/mol. The zero-order valence-electron chi connectivity index (χ0n) is 12.0. The molecule has 2 aromatic rings. The van der Waals surface area contributed by atoms with E-state index in [-0.39, 0.29) is 12.3 Å². The van der Waals surface area contributed by atoms with Crippen LogP contribution < -0.4 is 10.2 Å². The van der Waals surface area contributed by atoms with Gasteiger partial charge in [-0.05, 0) is 31.2 Å². The largest absolute Gasteiger partial charge is 0.484 e. The standard InChI is InChI=1S/C14H12ClN3O4S/c1-9-13(18(20)21)6-12(23-9)7-16-17-14(19)8-22-11-4-2-10(15)3-5-11/h2-7H,8H2,1H3,(H,17,19). The fraction of sp³-hybridized carbons (Fsp3) is 0.143. The SMILES string of the molecule is Cc1sc(C=NNC(=O)COc2ccc(Cl)cc2)cc1[N+](=O)[O-]. The maximum Gasteiger partial charge on any atom is 0.283 e. The Kier molecular flexibility index (Phi) is 5.67. The third kappa shape index (κ3) is 5.04. The van der Waals surface area contributed by atoms with E-state index in [1.54, 1.807) is 31.2 Å². The van der Waals surface area contributed by atoms with Gasteiger partial charge in [0.2, 0.25) is 0 Å². The molecule has 1 heterocycles. The number of ether oxygens (including phenoxy) is 1. The Morgan fingerprint density at radius 2 is 2.17 bits per heavy atom. The molecule has 0 aliphatic carbocycles. The Morgan fingerprint density at radius 3 is 2.78 bits per heavy atom. The van der Waals surface area contributed by atoms with Crippen molar-refractivity contribution in [2.24, 2.45) is 5.10 Å². The van der Waals surface area contributed by atoms with Gasteiger partial charge in [0.05, 0.1) is 20.9 Å². The van der Waals surface area contributed by atoms with E-state index < -0.39 is 10.8 Å². The Bertz CT molecular complexity index is 743. The number of hydrazone groups is 1. The molecule has 0 saturated heterocycles. The lowest BCUT2D eigenvalue weighted by Gasteiger charge is -2.04. The van der Waals surface area contributed by atoms with Gasteiger partial charge in [0.25, 0.3) is 11.6 Å². The molecule has 23 heavy (non-hydrogen) atoms. The lowest BCUT2D eigenvalue weighted by atomic mass is 10.3. The number of hydrogen-bond acceptors (Lipinski definition) is 6. The highest BCUT2D eigenvalue weighted by Gasteiger charge is 2.14. The van der Waals surface area contributed by atoms with Crippen LogP contribution in [0.15, 0.2) is 35.4 Å². The summed E-state index contributed by atoms with van der Waals surface area (Å²) in [6, 6.07) is 8.00. The second-order valence-electron chi connectivity index (χ2n) is 4.38. The summed E-state index contributed by atoms with van der Waals surface area (Å²) >= 11 is 6.96. The molecule has 0 fully saturated rings. The zero-order chi connectivity index (χ0) is 16.8. The Morgan fingerprint density at radius 1 is 1.48 bits per heavy atom. The first-order valence-electron chi connectivity index (χ1n) is 6.41. The van der Waals surface area contributed by atoms with Gasteiger partial charge in [-0.3, -0.25) is 14.9 Å². The first kappa shape index (κ1) is 16.9. The smallest absolute Gasteiger partial charge is 0.283 e. The predicted octanol–water partition coefficient (Wildman–Crippen LogP) is 3.15. The van der Waals surface area contributed by atoms with E-state index >= 15 is 0 Å². The number of amides is 1. The zero-order valence-corrected chi connectivity index (χ0v) is 13.6. The van der Waals surface area contributed by atoms with Crippen molar-refractivity contribution in [3.8, 4) is 5.75 Å². The van der Waals surface area contributed by atoms with Gasteiger partial charge in [0, 0.05) is 11.1 Å². The number of thiophene rings is 1. The molecule has 0 atom stereocenters. The Balaban J connectivity index is 1.83. The number of rotatable bonds is 6. The molecule has 0 bridgehead atoms. The van der Waals surface area contributed by atoms with Crippen molar-refractivity contribution in [3.05, 3.63) is 55.2 Å². The monoisotopic (exact) mass is 353 g/mol. The van der Waals surface area contributed by atoms with Crippen LogP contribution in [0.3, 0.4) is 0 Å². The maximum atomic E-state index is 11.6. The van der Waals surface area contributed by atoms with Crippen LogP contribution in [0.25, 0.3) is 0 Å². The van der Waals surface area contributed by atoms with Crippen LogP contribution in [0.4, 0.5) is 5.69 Å². The molecule has 0 saturated carbocycles. The van der Waals surface area contributed by atoms with Crippen LogP contribution in [-0.2, 0) is 4.79 Å². The van der Waals surface area contributed by atoms with Crippen molar-refractivity contribution in [1.82, 2.24) is 5.43 Å². The number of halogens is 1. The minimum absolute atomic E-state index is 0.0360. The van der Waals surface area contributed by atoms with Crippen LogP contribution in [0.1, 0.15) is 9.75 Å². The average molecular weight is 354 g/mol. The fourth-order valence-electron chi connectivity index (χ4n) is 1.62. The van der Waals surface area contributed by atoms with Gasteiger partial charge in [-0.15, -0.1) is 11.3 Å². The minimum Gasteiger partial charge on any atom is -0.484 e. The quantitative estimate of drug-likeness (QED) is 0.490. The molecule has 0 spiro atoms. The molecule has 1 N–H and O–H groups in total. The van der Waals surface area contributed by atoms with E-state index in [1.807, 2.05) is 0 Å². The first-order chi connectivity index (χ1) is 11.0. The molecule has 2 rings (SSSR count). The number of carbonyl (C=O) groups is 1. The molecule has 1 amide bonds. The van der Waals surface area contributed by atoms with E-state index in [2.05, 4.69) is 10.5 Å². The molecule has 120 valence electrons. The highest BCUT2D eigenvalue weighted by molar-refractivity contribution is 7.14. The van der Waals surface area contributed by atoms with Crippen molar-refractivity contribution in [3.63, 3.8) is 0 Å². The van der Waals surface area contributed by atoms with Crippen molar-refractivity contribution in [2.45, 2.75) is 6.92 Å². The number of benzene rings is 1. The molecule has 0 aliphatic rings. The summed E-state index contributed by atoms with van der Waals surface area (Å²) in [6.07, 6.45) is 1.35. The normalized spacial score (nSPS) is 10.7. The Hall–Kier alpha value is -2.45. The van der Waals surface area contributed by atoms with Crippen LogP contribution in [-0.4, -0.2) is 23.7 Å². The highest BCUT2D eigenvalue weighted by Crippen LogP contribution is 2.26. The molecule has 9 heteroatoms. The van der Waals surface area contributed by atoms with Crippen LogP contribution in [0.2, 0.25) is 5.02 Å². The van der Waals surface area contributed by atoms with E-state index in [4.69, 9.17) is 16.3 Å². The van der Waals surface area contributed by atoms with Gasteiger partial charge < -0.3 is 4.74 Å². The van der Waals surface area contributed by atoms with Crippen molar-refractivity contribution in [1.29, 1.82) is 0 Å². The van der Waals surface area contributed by atoms with Crippen molar-refractivity contribution >= 4 is 40.7 Å². The fourth-order valence-corrected chi connectivity index (χ4v) is 2.61. The van der Waals surface area contributed by atoms with Gasteiger partial charge in [-0.1, -0.05) is 11.6 Å². The second-order valence-corrected chi connectivity index (χ2v) is 6.11. The lowest BCUT2D eigenvalue weighted by Crippen LogP contribution is -2.24. The third-order valence-electron chi connectivity index (χ3n) is 2.67. The number of nitrogens with one attached hydrogen (secondary N) is 1. The van der Waals surface area contributed by atoms with Crippen molar-refractivity contribution in [2.75, 3.05) is 6.61 Å². The van der Waals surface area contributed by atoms with Gasteiger partial charge >= 0.3 is 0 Å². The molecule has 0 unspecified atom stereocenters. The summed E-state index contributed by atoms with van der Waals surface area (Å²) in [5, 5.41) is 15.1. The number of nitrogens with zero attached hydrogens (tertiary/aromatic N) is 2. The molecule has 1 aromatic carbocycles. The minimum atomic E-state index is -0.457. The van der Waals surface area contributed by atoms with E-state index in [0.29, 0.717) is 20.5 Å². The van der Waals surface area contributed by atoms with Gasteiger partial charge in [0.1, 0.15) is 5.75 Å². The number of aryl methyl sites for hydroxylation is 1. The maximum absolute atomic E-state index is 11.6. The first-order valence-corrected chi connectivity index (χ1v) is 7.60. The number of nitro groups is 1. The van der Waals surface area contributed by atoms with E-state index in [9.17, 15) is 14.9 Å².